The predicted octanol–water partition coefficient (Wildman–Crippen LogP) is 5.24. The summed E-state index contributed by atoms with van der Waals surface area (Å²) in [7, 11) is 0. The Bertz CT molecular complexity index is 1090. The van der Waals surface area contributed by atoms with Crippen molar-refractivity contribution in [2.75, 3.05) is 0 Å². The lowest BCUT2D eigenvalue weighted by molar-refractivity contribution is -0.119. The molecule has 1 aromatic heterocycles. The molecule has 1 aliphatic carbocycles. The highest BCUT2D eigenvalue weighted by molar-refractivity contribution is 5.73. The van der Waals surface area contributed by atoms with E-state index in [2.05, 4.69) is 42.5 Å². The van der Waals surface area contributed by atoms with E-state index >= 15 is 0 Å². The van der Waals surface area contributed by atoms with E-state index in [4.69, 9.17) is 0 Å². The lowest BCUT2D eigenvalue weighted by Gasteiger charge is -2.37. The van der Waals surface area contributed by atoms with E-state index in [1.165, 1.54) is 17.7 Å². The van der Waals surface area contributed by atoms with Crippen molar-refractivity contribution in [3.8, 4) is 5.69 Å². The van der Waals surface area contributed by atoms with Crippen LogP contribution in [-0.4, -0.2) is 15.7 Å². The summed E-state index contributed by atoms with van der Waals surface area (Å²) < 4.78 is 15.2. The molecule has 0 saturated carbocycles. The van der Waals surface area contributed by atoms with E-state index in [0.717, 1.165) is 35.3 Å². The summed E-state index contributed by atoms with van der Waals surface area (Å²) in [4.78, 5) is 11.9. The fourth-order valence-corrected chi connectivity index (χ4v) is 4.28. The SMILES string of the molecule is CC(=O)N[C@H](CC1(C)Cc2cnn(-c3ccc(F)cc3)c2C=C1C)c1ccccc1. The highest BCUT2D eigenvalue weighted by atomic mass is 19.1. The van der Waals surface area contributed by atoms with E-state index in [9.17, 15) is 9.18 Å². The van der Waals surface area contributed by atoms with Gasteiger partial charge in [-0.25, -0.2) is 9.07 Å². The Morgan fingerprint density at radius 1 is 1.20 bits per heavy atom. The summed E-state index contributed by atoms with van der Waals surface area (Å²) in [5.74, 6) is -0.293. The smallest absolute Gasteiger partial charge is 0.217 e. The molecule has 4 nitrogen and oxygen atoms in total. The zero-order valence-electron chi connectivity index (χ0n) is 17.5. The van der Waals surface area contributed by atoms with Crippen molar-refractivity contribution < 1.29 is 9.18 Å². The molecule has 0 radical (unpaired) electrons. The van der Waals surface area contributed by atoms with Crippen LogP contribution in [0, 0.1) is 11.2 Å². The summed E-state index contributed by atoms with van der Waals surface area (Å²) in [6, 6.07) is 16.4. The number of amides is 1. The Morgan fingerprint density at radius 3 is 2.57 bits per heavy atom. The molecule has 0 saturated heterocycles. The Balaban J connectivity index is 1.65. The van der Waals surface area contributed by atoms with Gasteiger partial charge in [0.15, 0.2) is 0 Å². The highest BCUT2D eigenvalue weighted by Crippen LogP contribution is 2.44. The maximum absolute atomic E-state index is 13.3. The van der Waals surface area contributed by atoms with Gasteiger partial charge in [0.25, 0.3) is 0 Å². The number of fused-ring (bicyclic) bond motifs is 1. The lowest BCUT2D eigenvalue weighted by atomic mass is 9.69. The fraction of sp³-hybridized carbons (Fsp3) is 0.280. The lowest BCUT2D eigenvalue weighted by Crippen LogP contribution is -2.34. The summed E-state index contributed by atoms with van der Waals surface area (Å²) in [5.41, 5.74) is 5.26. The van der Waals surface area contributed by atoms with Gasteiger partial charge in [-0.1, -0.05) is 42.8 Å². The van der Waals surface area contributed by atoms with Crippen molar-refractivity contribution in [2.45, 2.75) is 39.7 Å². The monoisotopic (exact) mass is 403 g/mol. The van der Waals surface area contributed by atoms with Gasteiger partial charge in [0.1, 0.15) is 5.82 Å². The van der Waals surface area contributed by atoms with E-state index in [-0.39, 0.29) is 23.2 Å². The second-order valence-corrected chi connectivity index (χ2v) is 8.38. The van der Waals surface area contributed by atoms with Crippen LogP contribution in [-0.2, 0) is 11.2 Å². The van der Waals surface area contributed by atoms with Crippen LogP contribution in [0.2, 0.25) is 0 Å². The molecule has 2 aromatic carbocycles. The highest BCUT2D eigenvalue weighted by Gasteiger charge is 2.35. The Hall–Kier alpha value is -3.21. The van der Waals surface area contributed by atoms with E-state index in [0.29, 0.717) is 0 Å². The number of carbonyl (C=O) groups is 1. The van der Waals surface area contributed by atoms with Crippen molar-refractivity contribution in [1.82, 2.24) is 15.1 Å². The predicted molar refractivity (Wildman–Crippen MR) is 117 cm³/mol. The number of rotatable bonds is 5. The van der Waals surface area contributed by atoms with Gasteiger partial charge in [-0.2, -0.15) is 5.10 Å². The summed E-state index contributed by atoms with van der Waals surface area (Å²) in [6.07, 6.45) is 5.69. The molecule has 154 valence electrons. The molecule has 2 atom stereocenters. The van der Waals surface area contributed by atoms with Gasteiger partial charge in [-0.3, -0.25) is 4.79 Å². The van der Waals surface area contributed by atoms with Gasteiger partial charge in [0.05, 0.1) is 23.6 Å². The summed E-state index contributed by atoms with van der Waals surface area (Å²) >= 11 is 0. The van der Waals surface area contributed by atoms with Gasteiger partial charge in [-0.05, 0) is 66.6 Å². The zero-order valence-corrected chi connectivity index (χ0v) is 17.5. The Kier molecular flexibility index (Phi) is 5.29. The second kappa shape index (κ2) is 7.90. The minimum absolute atomic E-state index is 0.0327. The first-order chi connectivity index (χ1) is 14.4. The third-order valence-corrected chi connectivity index (χ3v) is 6.08. The maximum atomic E-state index is 13.3. The molecule has 3 aromatic rings. The quantitative estimate of drug-likeness (QED) is 0.633. The molecule has 1 amide bonds. The fourth-order valence-electron chi connectivity index (χ4n) is 4.28. The first kappa shape index (κ1) is 20.1. The van der Waals surface area contributed by atoms with Gasteiger partial charge in [0.2, 0.25) is 5.91 Å². The summed E-state index contributed by atoms with van der Waals surface area (Å²) in [6.45, 7) is 5.95. The molecule has 1 N–H and O–H groups in total. The molecule has 0 aliphatic heterocycles. The summed E-state index contributed by atoms with van der Waals surface area (Å²) in [5, 5.41) is 7.69. The van der Waals surface area contributed by atoms with Crippen LogP contribution in [0.25, 0.3) is 11.8 Å². The Labute approximate surface area is 176 Å². The first-order valence-corrected chi connectivity index (χ1v) is 10.2. The zero-order chi connectivity index (χ0) is 21.3. The molecule has 30 heavy (non-hydrogen) atoms. The number of hydrogen-bond donors (Lipinski definition) is 1. The van der Waals surface area contributed by atoms with E-state index in [1.807, 2.05) is 29.1 Å². The molecule has 1 heterocycles. The third kappa shape index (κ3) is 3.92. The average Bonchev–Trinajstić information content (AvgIpc) is 3.11. The molecule has 1 unspecified atom stereocenters. The van der Waals surface area contributed by atoms with Crippen molar-refractivity contribution in [3.05, 3.63) is 89.0 Å². The van der Waals surface area contributed by atoms with Gasteiger partial charge in [-0.15, -0.1) is 0 Å². The number of benzene rings is 2. The minimum atomic E-state index is -0.260. The van der Waals surface area contributed by atoms with Crippen LogP contribution in [0.5, 0.6) is 0 Å². The van der Waals surface area contributed by atoms with Crippen LogP contribution in [0.1, 0.15) is 50.1 Å². The number of nitrogens with one attached hydrogen (secondary N) is 1. The standard InChI is InChI=1S/C25H26FN3O/c1-17-13-24-20(16-27-29(24)22-11-9-21(26)10-12-22)14-25(17,3)15-23(28-18(2)30)19-7-5-4-6-8-19/h4-13,16,23H,14-15H2,1-3H3,(H,28,30)/t23-,25?/m1/s1. The van der Waals surface area contributed by atoms with Gasteiger partial charge in [0, 0.05) is 6.92 Å². The van der Waals surface area contributed by atoms with Crippen LogP contribution in [0.3, 0.4) is 0 Å². The molecule has 4 rings (SSSR count). The minimum Gasteiger partial charge on any atom is -0.350 e. The number of hydrogen-bond acceptors (Lipinski definition) is 2. The van der Waals surface area contributed by atoms with Crippen LogP contribution in [0.4, 0.5) is 4.39 Å². The Morgan fingerprint density at radius 2 is 1.90 bits per heavy atom. The van der Waals surface area contributed by atoms with Gasteiger partial charge < -0.3 is 5.32 Å². The third-order valence-electron chi connectivity index (χ3n) is 6.08. The van der Waals surface area contributed by atoms with Crippen LogP contribution >= 0.6 is 0 Å². The molecule has 0 fully saturated rings. The molecular formula is C25H26FN3O. The van der Waals surface area contributed by atoms with Crippen LogP contribution < -0.4 is 5.32 Å². The topological polar surface area (TPSA) is 46.9 Å². The van der Waals surface area contributed by atoms with Crippen molar-refractivity contribution in [1.29, 1.82) is 0 Å². The van der Waals surface area contributed by atoms with Crippen molar-refractivity contribution >= 4 is 12.0 Å². The van der Waals surface area contributed by atoms with Gasteiger partial charge >= 0.3 is 0 Å². The van der Waals surface area contributed by atoms with E-state index < -0.39 is 0 Å². The number of allylic oxidation sites excluding steroid dienone is 1. The molecule has 0 bridgehead atoms. The normalized spacial score (nSPS) is 19.0. The maximum Gasteiger partial charge on any atom is 0.217 e. The first-order valence-electron chi connectivity index (χ1n) is 10.2. The molecule has 5 heteroatoms. The second-order valence-electron chi connectivity index (χ2n) is 8.38. The average molecular weight is 404 g/mol. The largest absolute Gasteiger partial charge is 0.350 e. The number of aromatic nitrogens is 2. The van der Waals surface area contributed by atoms with Crippen molar-refractivity contribution in [2.24, 2.45) is 5.41 Å². The number of carbonyl (C=O) groups excluding carboxylic acids is 1. The number of halogens is 1. The van der Waals surface area contributed by atoms with E-state index in [1.54, 1.807) is 19.1 Å². The molecule has 0 spiro atoms. The van der Waals surface area contributed by atoms with Crippen molar-refractivity contribution in [3.63, 3.8) is 0 Å². The molecule has 1 aliphatic rings. The molecular weight excluding hydrogens is 377 g/mol. The number of nitrogens with zero attached hydrogens (tertiary/aromatic N) is 2. The van der Waals surface area contributed by atoms with Crippen LogP contribution in [0.15, 0.2) is 66.4 Å².